The number of benzene rings is 2. The van der Waals surface area contributed by atoms with Crippen LogP contribution in [0.2, 0.25) is 0 Å². The lowest BCUT2D eigenvalue weighted by Gasteiger charge is -2.26. The molecule has 29 heavy (non-hydrogen) atoms. The van der Waals surface area contributed by atoms with Gasteiger partial charge in [0.15, 0.2) is 6.61 Å². The molecule has 2 unspecified atom stereocenters. The molecule has 6 heteroatoms. The second kappa shape index (κ2) is 9.87. The van der Waals surface area contributed by atoms with Gasteiger partial charge in [-0.15, -0.1) is 0 Å². The molecule has 152 valence electrons. The summed E-state index contributed by atoms with van der Waals surface area (Å²) in [7, 11) is 0. The summed E-state index contributed by atoms with van der Waals surface area (Å²) in [6, 6.07) is 16.7. The highest BCUT2D eigenvalue weighted by Gasteiger charge is 2.23. The zero-order valence-electron chi connectivity index (χ0n) is 16.5. The van der Waals surface area contributed by atoms with Crippen molar-refractivity contribution < 1.29 is 19.1 Å². The van der Waals surface area contributed by atoms with Crippen LogP contribution in [0.4, 0.5) is 0 Å². The lowest BCUT2D eigenvalue weighted by Crippen LogP contribution is -2.35. The second-order valence-corrected chi connectivity index (χ2v) is 7.24. The van der Waals surface area contributed by atoms with Crippen molar-refractivity contribution in [1.29, 1.82) is 0 Å². The van der Waals surface area contributed by atoms with Crippen molar-refractivity contribution >= 4 is 17.8 Å². The van der Waals surface area contributed by atoms with E-state index < -0.39 is 12.0 Å². The van der Waals surface area contributed by atoms with E-state index in [4.69, 9.17) is 4.74 Å². The number of esters is 1. The summed E-state index contributed by atoms with van der Waals surface area (Å²) in [6.07, 6.45) is 2.86. The van der Waals surface area contributed by atoms with Gasteiger partial charge in [-0.25, -0.2) is 0 Å². The number of carbonyl (C=O) groups is 3. The zero-order chi connectivity index (χ0) is 20.6. The number of amides is 2. The van der Waals surface area contributed by atoms with E-state index in [0.717, 1.165) is 30.4 Å². The lowest BCUT2D eigenvalue weighted by molar-refractivity contribution is -0.149. The molecule has 3 rings (SSSR count). The largest absolute Gasteiger partial charge is 0.456 e. The summed E-state index contributed by atoms with van der Waals surface area (Å²) in [6.45, 7) is 1.07. The molecule has 2 atom stereocenters. The van der Waals surface area contributed by atoms with Crippen LogP contribution < -0.4 is 10.6 Å². The summed E-state index contributed by atoms with van der Waals surface area (Å²) in [4.78, 5) is 36.0. The number of hydrogen-bond donors (Lipinski definition) is 2. The SMILES string of the molecule is CC(=O)NC(CC(=O)OCC(=O)NC1CCCc2ccccc21)c1ccccc1. The monoisotopic (exact) mass is 394 g/mol. The third-order valence-corrected chi connectivity index (χ3v) is 5.02. The Morgan fingerprint density at radius 2 is 1.79 bits per heavy atom. The topological polar surface area (TPSA) is 84.5 Å². The molecule has 0 aliphatic heterocycles. The molecular formula is C23H26N2O4. The van der Waals surface area contributed by atoms with Crippen LogP contribution in [0.3, 0.4) is 0 Å². The Morgan fingerprint density at radius 1 is 1.07 bits per heavy atom. The number of nitrogens with one attached hydrogen (secondary N) is 2. The van der Waals surface area contributed by atoms with Crippen LogP contribution in [0.5, 0.6) is 0 Å². The fourth-order valence-electron chi connectivity index (χ4n) is 3.69. The first-order valence-electron chi connectivity index (χ1n) is 9.88. The first-order chi connectivity index (χ1) is 14.0. The van der Waals surface area contributed by atoms with Gasteiger partial charge in [0.2, 0.25) is 5.91 Å². The van der Waals surface area contributed by atoms with Gasteiger partial charge < -0.3 is 15.4 Å². The van der Waals surface area contributed by atoms with Crippen molar-refractivity contribution in [2.75, 3.05) is 6.61 Å². The quantitative estimate of drug-likeness (QED) is 0.707. The number of hydrogen-bond acceptors (Lipinski definition) is 4. The molecule has 0 fully saturated rings. The van der Waals surface area contributed by atoms with E-state index in [1.807, 2.05) is 48.5 Å². The predicted molar refractivity (Wildman–Crippen MR) is 109 cm³/mol. The van der Waals surface area contributed by atoms with Gasteiger partial charge in [-0.3, -0.25) is 14.4 Å². The molecule has 2 aromatic rings. The molecular weight excluding hydrogens is 368 g/mol. The van der Waals surface area contributed by atoms with Crippen molar-refractivity contribution in [3.05, 3.63) is 71.3 Å². The molecule has 1 aliphatic carbocycles. The fraction of sp³-hybridized carbons (Fsp3) is 0.348. The molecule has 0 heterocycles. The Bertz CT molecular complexity index is 866. The maximum Gasteiger partial charge on any atom is 0.308 e. The summed E-state index contributed by atoms with van der Waals surface area (Å²) >= 11 is 0. The molecule has 0 aromatic heterocycles. The Morgan fingerprint density at radius 3 is 2.55 bits per heavy atom. The highest BCUT2D eigenvalue weighted by Crippen LogP contribution is 2.29. The number of carbonyl (C=O) groups excluding carboxylic acids is 3. The Labute approximate surface area is 170 Å². The number of fused-ring (bicyclic) bond motifs is 1. The van der Waals surface area contributed by atoms with Gasteiger partial charge in [0.05, 0.1) is 18.5 Å². The van der Waals surface area contributed by atoms with E-state index in [1.54, 1.807) is 0 Å². The van der Waals surface area contributed by atoms with Crippen molar-refractivity contribution in [2.24, 2.45) is 0 Å². The smallest absolute Gasteiger partial charge is 0.308 e. The average Bonchev–Trinajstić information content (AvgIpc) is 2.72. The summed E-state index contributed by atoms with van der Waals surface area (Å²) in [5.74, 6) is -1.09. The first kappa shape index (κ1) is 20.6. The van der Waals surface area contributed by atoms with E-state index in [9.17, 15) is 14.4 Å². The molecule has 1 aliphatic rings. The number of aryl methyl sites for hydroxylation is 1. The van der Waals surface area contributed by atoms with Crippen molar-refractivity contribution in [2.45, 2.75) is 44.7 Å². The van der Waals surface area contributed by atoms with Gasteiger partial charge in [0.1, 0.15) is 0 Å². The van der Waals surface area contributed by atoms with Gasteiger partial charge in [-0.1, -0.05) is 54.6 Å². The minimum absolute atomic E-state index is 0.0386. The van der Waals surface area contributed by atoms with Gasteiger partial charge in [0, 0.05) is 6.92 Å². The Kier molecular flexibility index (Phi) is 7.00. The fourth-order valence-corrected chi connectivity index (χ4v) is 3.69. The third kappa shape index (κ3) is 5.91. The van der Waals surface area contributed by atoms with Gasteiger partial charge >= 0.3 is 5.97 Å². The van der Waals surface area contributed by atoms with Crippen molar-refractivity contribution in [1.82, 2.24) is 10.6 Å². The molecule has 0 spiro atoms. The molecule has 0 radical (unpaired) electrons. The van der Waals surface area contributed by atoms with Crippen LogP contribution in [0, 0.1) is 0 Å². The van der Waals surface area contributed by atoms with Crippen molar-refractivity contribution in [3.63, 3.8) is 0 Å². The van der Waals surface area contributed by atoms with Crippen LogP contribution >= 0.6 is 0 Å². The first-order valence-corrected chi connectivity index (χ1v) is 9.88. The van der Waals surface area contributed by atoms with Gasteiger partial charge in [-0.05, 0) is 36.0 Å². The third-order valence-electron chi connectivity index (χ3n) is 5.02. The molecule has 0 bridgehead atoms. The highest BCUT2D eigenvalue weighted by atomic mass is 16.5. The molecule has 0 saturated carbocycles. The minimum Gasteiger partial charge on any atom is -0.456 e. The summed E-state index contributed by atoms with van der Waals surface area (Å²) in [5.41, 5.74) is 3.19. The standard InChI is InChI=1S/C23H26N2O4/c1-16(26)24-21(18-9-3-2-4-10-18)14-23(28)29-15-22(27)25-20-13-7-11-17-8-5-6-12-19(17)20/h2-6,8-10,12,20-21H,7,11,13-15H2,1H3,(H,24,26)(H,25,27). The van der Waals surface area contributed by atoms with Crippen molar-refractivity contribution in [3.8, 4) is 0 Å². The average molecular weight is 394 g/mol. The van der Waals surface area contributed by atoms with E-state index >= 15 is 0 Å². The number of rotatable bonds is 7. The second-order valence-electron chi connectivity index (χ2n) is 7.24. The van der Waals surface area contributed by atoms with E-state index in [0.29, 0.717) is 0 Å². The zero-order valence-corrected chi connectivity index (χ0v) is 16.5. The normalized spacial score (nSPS) is 16.2. The summed E-state index contributed by atoms with van der Waals surface area (Å²) < 4.78 is 5.16. The molecule has 2 aromatic carbocycles. The Hall–Kier alpha value is -3.15. The molecule has 2 amide bonds. The highest BCUT2D eigenvalue weighted by molar-refractivity contribution is 5.81. The van der Waals surface area contributed by atoms with Crippen LogP contribution in [-0.4, -0.2) is 24.4 Å². The van der Waals surface area contributed by atoms with Gasteiger partial charge in [-0.2, -0.15) is 0 Å². The molecule has 6 nitrogen and oxygen atoms in total. The van der Waals surface area contributed by atoms with Crippen LogP contribution in [0.25, 0.3) is 0 Å². The van der Waals surface area contributed by atoms with Gasteiger partial charge in [0.25, 0.3) is 5.91 Å². The van der Waals surface area contributed by atoms with Crippen LogP contribution in [-0.2, 0) is 25.5 Å². The predicted octanol–water partition coefficient (Wildman–Crippen LogP) is 2.99. The number of ether oxygens (including phenoxy) is 1. The minimum atomic E-state index is -0.535. The van der Waals surface area contributed by atoms with Crippen LogP contribution in [0.15, 0.2) is 54.6 Å². The van der Waals surface area contributed by atoms with E-state index in [2.05, 4.69) is 16.7 Å². The lowest BCUT2D eigenvalue weighted by atomic mass is 9.88. The molecule has 0 saturated heterocycles. The van der Waals surface area contributed by atoms with E-state index in [-0.39, 0.29) is 30.9 Å². The molecule has 2 N–H and O–H groups in total. The maximum atomic E-state index is 12.3. The maximum absolute atomic E-state index is 12.3. The van der Waals surface area contributed by atoms with E-state index in [1.165, 1.54) is 12.5 Å². The Balaban J connectivity index is 1.52. The summed E-state index contributed by atoms with van der Waals surface area (Å²) in [5, 5.41) is 5.71. The van der Waals surface area contributed by atoms with Crippen LogP contribution in [0.1, 0.15) is 55.0 Å².